The number of nitro groups is 1. The zero-order valence-electron chi connectivity index (χ0n) is 13.7. The first-order valence-corrected chi connectivity index (χ1v) is 8.72. The van der Waals surface area contributed by atoms with Crippen molar-refractivity contribution in [2.45, 2.75) is 6.42 Å². The number of hydrogen-bond acceptors (Lipinski definition) is 6. The van der Waals surface area contributed by atoms with Gasteiger partial charge in [0.05, 0.1) is 4.92 Å². The molecule has 0 aliphatic carbocycles. The molecular weight excluding hydrogens is 398 g/mol. The zero-order chi connectivity index (χ0) is 18.4. The summed E-state index contributed by atoms with van der Waals surface area (Å²) in [5.41, 5.74) is 1.65. The van der Waals surface area contributed by atoms with Gasteiger partial charge in [0.2, 0.25) is 11.6 Å². The van der Waals surface area contributed by atoms with Crippen molar-refractivity contribution in [1.82, 2.24) is 9.97 Å². The van der Waals surface area contributed by atoms with Crippen LogP contribution in [0.3, 0.4) is 0 Å². The molecule has 0 fully saturated rings. The van der Waals surface area contributed by atoms with Crippen LogP contribution in [0.1, 0.15) is 5.56 Å². The Kier molecular flexibility index (Phi) is 5.75. The molecule has 0 unspecified atom stereocenters. The number of halogens is 1. The summed E-state index contributed by atoms with van der Waals surface area (Å²) in [4.78, 5) is 19.2. The Morgan fingerprint density at radius 2 is 1.81 bits per heavy atom. The van der Waals surface area contributed by atoms with E-state index >= 15 is 0 Å². The van der Waals surface area contributed by atoms with E-state index in [-0.39, 0.29) is 17.3 Å². The molecule has 0 atom stereocenters. The van der Waals surface area contributed by atoms with E-state index < -0.39 is 4.92 Å². The van der Waals surface area contributed by atoms with Gasteiger partial charge in [-0.1, -0.05) is 52.3 Å². The molecular formula is C18H16BrN5O2. The van der Waals surface area contributed by atoms with E-state index in [4.69, 9.17) is 0 Å². The highest BCUT2D eigenvalue weighted by molar-refractivity contribution is 9.10. The number of anilines is 3. The van der Waals surface area contributed by atoms with E-state index in [0.29, 0.717) is 12.2 Å². The fraction of sp³-hybridized carbons (Fsp3) is 0.111. The lowest BCUT2D eigenvalue weighted by Gasteiger charge is -2.10. The largest absolute Gasteiger partial charge is 0.364 e. The van der Waals surface area contributed by atoms with Crippen molar-refractivity contribution >= 4 is 38.9 Å². The van der Waals surface area contributed by atoms with E-state index in [2.05, 4.69) is 36.5 Å². The van der Waals surface area contributed by atoms with Gasteiger partial charge in [-0.15, -0.1) is 0 Å². The SMILES string of the molecule is O=[N+]([O-])c1c(NCCc2ccccc2)ncnc1Nc1cccc(Br)c1. The lowest BCUT2D eigenvalue weighted by molar-refractivity contribution is -0.383. The standard InChI is InChI=1S/C18H16BrN5O2/c19-14-7-4-8-15(11-14)23-18-16(24(25)26)17(21-12-22-18)20-10-9-13-5-2-1-3-6-13/h1-8,11-12H,9-10H2,(H2,20,21,22,23). The molecule has 7 nitrogen and oxygen atoms in total. The molecule has 8 heteroatoms. The van der Waals surface area contributed by atoms with Crippen LogP contribution in [-0.2, 0) is 6.42 Å². The highest BCUT2D eigenvalue weighted by Gasteiger charge is 2.23. The molecule has 0 spiro atoms. The molecule has 3 rings (SSSR count). The molecule has 1 heterocycles. The third-order valence-electron chi connectivity index (χ3n) is 3.64. The van der Waals surface area contributed by atoms with Gasteiger partial charge in [-0.3, -0.25) is 10.1 Å². The summed E-state index contributed by atoms with van der Waals surface area (Å²) in [6.07, 6.45) is 2.04. The van der Waals surface area contributed by atoms with Gasteiger partial charge >= 0.3 is 5.69 Å². The van der Waals surface area contributed by atoms with Gasteiger partial charge < -0.3 is 10.6 Å². The Bertz CT molecular complexity index is 905. The molecule has 0 aliphatic rings. The Labute approximate surface area is 158 Å². The Morgan fingerprint density at radius 1 is 1.04 bits per heavy atom. The number of rotatable bonds is 7. The molecule has 0 saturated carbocycles. The van der Waals surface area contributed by atoms with Crippen molar-refractivity contribution in [3.8, 4) is 0 Å². The van der Waals surface area contributed by atoms with Gasteiger partial charge in [-0.2, -0.15) is 0 Å². The molecule has 0 aliphatic heterocycles. The smallest absolute Gasteiger partial charge is 0.353 e. The van der Waals surface area contributed by atoms with Crippen molar-refractivity contribution < 1.29 is 4.92 Å². The molecule has 0 bridgehead atoms. The van der Waals surface area contributed by atoms with Crippen LogP contribution in [-0.4, -0.2) is 21.4 Å². The zero-order valence-corrected chi connectivity index (χ0v) is 15.3. The van der Waals surface area contributed by atoms with E-state index in [1.54, 1.807) is 6.07 Å². The van der Waals surface area contributed by atoms with Crippen molar-refractivity contribution in [3.05, 3.63) is 81.1 Å². The predicted octanol–water partition coefficient (Wildman–Crippen LogP) is 4.55. The first-order valence-electron chi connectivity index (χ1n) is 7.93. The summed E-state index contributed by atoms with van der Waals surface area (Å²) < 4.78 is 0.861. The third kappa shape index (κ3) is 4.54. The summed E-state index contributed by atoms with van der Waals surface area (Å²) in [6.45, 7) is 0.526. The maximum Gasteiger partial charge on any atom is 0.353 e. The van der Waals surface area contributed by atoms with Crippen LogP contribution in [0, 0.1) is 10.1 Å². The maximum absolute atomic E-state index is 11.6. The van der Waals surface area contributed by atoms with Crippen LogP contribution in [0.5, 0.6) is 0 Å². The first-order chi connectivity index (χ1) is 12.6. The second-order valence-electron chi connectivity index (χ2n) is 5.47. The average molecular weight is 414 g/mol. The molecule has 2 aromatic carbocycles. The lowest BCUT2D eigenvalue weighted by Crippen LogP contribution is -2.10. The van der Waals surface area contributed by atoms with Crippen LogP contribution in [0.25, 0.3) is 0 Å². The Balaban J connectivity index is 1.78. The van der Waals surface area contributed by atoms with Crippen molar-refractivity contribution in [2.24, 2.45) is 0 Å². The minimum Gasteiger partial charge on any atom is -0.364 e. The number of nitrogens with one attached hydrogen (secondary N) is 2. The minimum absolute atomic E-state index is 0.144. The first kappa shape index (κ1) is 17.8. The molecule has 0 radical (unpaired) electrons. The van der Waals surface area contributed by atoms with Gasteiger partial charge in [0.15, 0.2) is 0 Å². The molecule has 3 aromatic rings. The maximum atomic E-state index is 11.6. The van der Waals surface area contributed by atoms with Gasteiger partial charge in [-0.05, 0) is 30.2 Å². The monoisotopic (exact) mass is 413 g/mol. The lowest BCUT2D eigenvalue weighted by atomic mass is 10.1. The topological polar surface area (TPSA) is 93.0 Å². The quantitative estimate of drug-likeness (QED) is 0.436. The van der Waals surface area contributed by atoms with E-state index in [1.807, 2.05) is 48.5 Å². The van der Waals surface area contributed by atoms with E-state index in [9.17, 15) is 10.1 Å². The molecule has 26 heavy (non-hydrogen) atoms. The van der Waals surface area contributed by atoms with E-state index in [1.165, 1.54) is 6.33 Å². The van der Waals surface area contributed by atoms with Crippen molar-refractivity contribution in [3.63, 3.8) is 0 Å². The van der Waals surface area contributed by atoms with Crippen LogP contribution < -0.4 is 10.6 Å². The van der Waals surface area contributed by atoms with Crippen LogP contribution in [0.4, 0.5) is 23.0 Å². The van der Waals surface area contributed by atoms with Gasteiger partial charge in [0.1, 0.15) is 6.33 Å². The van der Waals surface area contributed by atoms with Gasteiger partial charge in [0.25, 0.3) is 0 Å². The second kappa shape index (κ2) is 8.39. The fourth-order valence-electron chi connectivity index (χ4n) is 2.45. The normalized spacial score (nSPS) is 10.3. The summed E-state index contributed by atoms with van der Waals surface area (Å²) in [5.74, 6) is 0.337. The summed E-state index contributed by atoms with van der Waals surface area (Å²) in [6, 6.07) is 17.2. The third-order valence-corrected chi connectivity index (χ3v) is 4.13. The molecule has 0 saturated heterocycles. The number of hydrogen-bond donors (Lipinski definition) is 2. The number of aromatic nitrogens is 2. The summed E-state index contributed by atoms with van der Waals surface area (Å²) in [5, 5.41) is 17.6. The van der Waals surface area contributed by atoms with Gasteiger partial charge in [0, 0.05) is 16.7 Å². The fourth-order valence-corrected chi connectivity index (χ4v) is 2.84. The van der Waals surface area contributed by atoms with E-state index in [0.717, 1.165) is 16.5 Å². The summed E-state index contributed by atoms with van der Waals surface area (Å²) in [7, 11) is 0. The van der Waals surface area contributed by atoms with Crippen LogP contribution in [0.15, 0.2) is 65.4 Å². The van der Waals surface area contributed by atoms with Crippen molar-refractivity contribution in [2.75, 3.05) is 17.2 Å². The minimum atomic E-state index is -0.481. The molecule has 132 valence electrons. The highest BCUT2D eigenvalue weighted by atomic mass is 79.9. The van der Waals surface area contributed by atoms with Gasteiger partial charge in [-0.25, -0.2) is 9.97 Å². The summed E-state index contributed by atoms with van der Waals surface area (Å²) >= 11 is 3.37. The number of benzene rings is 2. The second-order valence-corrected chi connectivity index (χ2v) is 6.39. The average Bonchev–Trinajstić information content (AvgIpc) is 2.62. The number of nitrogens with zero attached hydrogens (tertiary/aromatic N) is 3. The Morgan fingerprint density at radius 3 is 2.54 bits per heavy atom. The molecule has 0 amide bonds. The Hall–Kier alpha value is -3.00. The predicted molar refractivity (Wildman–Crippen MR) is 105 cm³/mol. The molecule has 1 aromatic heterocycles. The molecule has 2 N–H and O–H groups in total. The van der Waals surface area contributed by atoms with Crippen LogP contribution >= 0.6 is 15.9 Å². The highest BCUT2D eigenvalue weighted by Crippen LogP contribution is 2.31. The van der Waals surface area contributed by atoms with Crippen molar-refractivity contribution in [1.29, 1.82) is 0 Å². The van der Waals surface area contributed by atoms with Crippen LogP contribution in [0.2, 0.25) is 0 Å².